The summed E-state index contributed by atoms with van der Waals surface area (Å²) in [6.07, 6.45) is 5.90. The van der Waals surface area contributed by atoms with Crippen molar-refractivity contribution in [3.63, 3.8) is 0 Å². The van der Waals surface area contributed by atoms with Crippen molar-refractivity contribution < 1.29 is 24.2 Å². The molecule has 0 fully saturated rings. The summed E-state index contributed by atoms with van der Waals surface area (Å²) >= 11 is 2.68. The lowest BCUT2D eigenvalue weighted by molar-refractivity contribution is 0.0522. The lowest BCUT2D eigenvalue weighted by Crippen LogP contribution is -2.32. The van der Waals surface area contributed by atoms with Gasteiger partial charge in [-0.3, -0.25) is 4.79 Å². The fourth-order valence-corrected chi connectivity index (χ4v) is 7.07. The average molecular weight is 881 g/mol. The molecule has 0 aliphatic carbocycles. The number of nitrogens with two attached hydrogens (primary N) is 2. The number of carboxylic acids is 1. The van der Waals surface area contributed by atoms with Crippen LogP contribution >= 0.6 is 22.7 Å². The third-order valence-electron chi connectivity index (χ3n) is 8.62. The van der Waals surface area contributed by atoms with E-state index in [-0.39, 0.29) is 28.6 Å². The number of nitrogens with one attached hydrogen (secondary N) is 2. The number of rotatable bonds is 8. The molecule has 0 saturated heterocycles. The molecule has 7 N–H and O–H groups in total. The second kappa shape index (κ2) is 20.5. The number of hydrogen-bond acceptors (Lipinski definition) is 14. The van der Waals surface area contributed by atoms with E-state index in [2.05, 4.69) is 61.3 Å². The van der Waals surface area contributed by atoms with E-state index >= 15 is 0 Å². The van der Waals surface area contributed by atoms with Crippen molar-refractivity contribution in [1.29, 1.82) is 0 Å². The largest absolute Gasteiger partial charge is 0.477 e. The number of ether oxygens (including phenoxy) is 1. The summed E-state index contributed by atoms with van der Waals surface area (Å²) in [5.74, 6) is -0.505. The van der Waals surface area contributed by atoms with Gasteiger partial charge in [0.2, 0.25) is 11.9 Å². The summed E-state index contributed by atoms with van der Waals surface area (Å²) in [6, 6.07) is 15.5. The number of aromatic nitrogens is 6. The maximum absolute atomic E-state index is 12.4. The van der Waals surface area contributed by atoms with Gasteiger partial charge in [0, 0.05) is 47.4 Å². The summed E-state index contributed by atoms with van der Waals surface area (Å²) in [4.78, 5) is 60.2. The van der Waals surface area contributed by atoms with Gasteiger partial charge in [0.25, 0.3) is 5.91 Å². The van der Waals surface area contributed by atoms with Crippen molar-refractivity contribution in [2.24, 2.45) is 0 Å². The van der Waals surface area contributed by atoms with Crippen molar-refractivity contribution in [1.82, 2.24) is 40.5 Å². The van der Waals surface area contributed by atoms with E-state index in [9.17, 15) is 14.4 Å². The number of alkyl carbamates (subject to hydrolysis) is 1. The van der Waals surface area contributed by atoms with E-state index in [1.165, 1.54) is 28.9 Å². The lowest BCUT2D eigenvalue weighted by atomic mass is 9.98. The smallest absolute Gasteiger partial charge is 0.407 e. The molecule has 0 radical (unpaired) electrons. The van der Waals surface area contributed by atoms with Gasteiger partial charge in [-0.15, -0.1) is 22.7 Å². The molecule has 2 aromatic carbocycles. The summed E-state index contributed by atoms with van der Waals surface area (Å²) in [7, 11) is 0. The highest BCUT2D eigenvalue weighted by atomic mass is 32.1. The van der Waals surface area contributed by atoms with Crippen LogP contribution < -0.4 is 22.1 Å². The Kier molecular flexibility index (Phi) is 16.0. The number of aromatic carboxylic acids is 1. The molecule has 0 saturated carbocycles. The van der Waals surface area contributed by atoms with Crippen LogP contribution in [-0.4, -0.2) is 58.6 Å². The van der Waals surface area contributed by atoms with Crippen LogP contribution in [0.2, 0.25) is 0 Å². The topological polar surface area (TPSA) is 234 Å². The van der Waals surface area contributed by atoms with Gasteiger partial charge in [-0.05, 0) is 81.1 Å². The van der Waals surface area contributed by atoms with Crippen LogP contribution in [-0.2, 0) is 28.7 Å². The summed E-state index contributed by atoms with van der Waals surface area (Å²) in [6.45, 7) is 22.7. The van der Waals surface area contributed by atoms with Gasteiger partial charge < -0.3 is 31.9 Å². The predicted octanol–water partition coefficient (Wildman–Crippen LogP) is 8.92. The van der Waals surface area contributed by atoms with Crippen LogP contribution in [0.25, 0.3) is 22.5 Å². The Morgan fingerprint density at radius 2 is 1.08 bits per heavy atom. The van der Waals surface area contributed by atoms with Crippen LogP contribution in [0, 0.1) is 13.8 Å². The van der Waals surface area contributed by atoms with E-state index in [1.54, 1.807) is 18.6 Å². The Morgan fingerprint density at radius 3 is 1.45 bits per heavy atom. The summed E-state index contributed by atoms with van der Waals surface area (Å²) in [5, 5.41) is 16.2. The lowest BCUT2D eigenvalue weighted by Gasteiger charge is -2.20. The first kappa shape index (κ1) is 48.3. The van der Waals surface area contributed by atoms with Crippen LogP contribution in [0.5, 0.6) is 0 Å². The Hall–Kier alpha value is -6.33. The van der Waals surface area contributed by atoms with Crippen LogP contribution in [0.15, 0.2) is 73.3 Å². The number of benzene rings is 2. The van der Waals surface area contributed by atoms with Gasteiger partial charge in [-0.1, -0.05) is 65.8 Å². The van der Waals surface area contributed by atoms with Crippen LogP contribution in [0.3, 0.4) is 0 Å². The maximum Gasteiger partial charge on any atom is 0.407 e. The first-order chi connectivity index (χ1) is 28.9. The molecule has 0 spiro atoms. The molecule has 6 rings (SSSR count). The molecule has 4 aromatic heterocycles. The zero-order valence-electron chi connectivity index (χ0n) is 37.1. The summed E-state index contributed by atoms with van der Waals surface area (Å²) in [5.41, 5.74) is 18.3. The third-order valence-corrected chi connectivity index (χ3v) is 11.4. The minimum Gasteiger partial charge on any atom is -0.477 e. The first-order valence-corrected chi connectivity index (χ1v) is 21.3. The van der Waals surface area contributed by atoms with Gasteiger partial charge in [-0.2, -0.15) is 0 Å². The number of thiazole rings is 2. The van der Waals surface area contributed by atoms with Gasteiger partial charge in [0.15, 0.2) is 0 Å². The zero-order valence-corrected chi connectivity index (χ0v) is 38.7. The molecule has 328 valence electrons. The maximum atomic E-state index is 12.4. The van der Waals surface area contributed by atoms with Crippen molar-refractivity contribution in [2.75, 3.05) is 11.5 Å². The van der Waals surface area contributed by atoms with Crippen molar-refractivity contribution in [2.45, 2.75) is 106 Å². The number of amides is 2. The quantitative estimate of drug-likeness (QED) is 0.0962. The number of hydrogen-bond donors (Lipinski definition) is 5. The van der Waals surface area contributed by atoms with Gasteiger partial charge in [0.05, 0.1) is 33.8 Å². The molecule has 0 atom stereocenters. The van der Waals surface area contributed by atoms with E-state index in [0.29, 0.717) is 22.8 Å². The number of anilines is 2. The van der Waals surface area contributed by atoms with E-state index < -0.39 is 17.7 Å². The van der Waals surface area contributed by atoms with Crippen molar-refractivity contribution >= 4 is 52.5 Å². The second-order valence-corrected chi connectivity index (χ2v) is 19.3. The van der Waals surface area contributed by atoms with Crippen molar-refractivity contribution in [3.05, 3.63) is 115 Å². The normalized spacial score (nSPS) is 11.3. The molecule has 0 aliphatic heterocycles. The van der Waals surface area contributed by atoms with Crippen LogP contribution in [0.4, 0.5) is 16.7 Å². The van der Waals surface area contributed by atoms with Gasteiger partial charge in [0.1, 0.15) is 15.4 Å². The molecule has 0 unspecified atom stereocenters. The molecular formula is C45H56N10O5S2. The molecule has 0 aliphatic rings. The van der Waals surface area contributed by atoms with Gasteiger partial charge >= 0.3 is 12.1 Å². The van der Waals surface area contributed by atoms with Crippen molar-refractivity contribution in [3.8, 4) is 22.5 Å². The highest BCUT2D eigenvalue weighted by Crippen LogP contribution is 2.28. The first-order valence-electron chi connectivity index (χ1n) is 19.7. The molecule has 4 heterocycles. The van der Waals surface area contributed by atoms with Gasteiger partial charge in [-0.25, -0.2) is 39.5 Å². The molecule has 0 bridgehead atoms. The minimum absolute atomic E-state index is 0.0556. The van der Waals surface area contributed by atoms with E-state index in [1.807, 2.05) is 104 Å². The Balaban J connectivity index is 0.000000219. The number of carboxylic acid groups (broad SMARTS) is 1. The number of nitrogens with zero attached hydrogens (tertiary/aromatic N) is 6. The Bertz CT molecular complexity index is 2500. The molecule has 2 amide bonds. The average Bonchev–Trinajstić information content (AvgIpc) is 3.89. The standard InChI is InChI=1S/C20H23N5OS.C17H22N4O2.C8H11NO2S/c1-12-9-13(15-7-8-22-19(21)25-15)5-6-14(12)10-23-17(26)16-11-24-18(27-16)20(2,3)4;1-11-9-12(14-7-8-19-15(18)21-14)5-6-13(11)10-20-16(22)23-17(2,3)4;1-8(2,3)7-9-4-5(12-7)6(10)11/h5-9,11H,10H2,1-4H3,(H,23,26)(H2,21,22,25);5-9H,10H2,1-4H3,(H,20,22)(H2,18,19,21);4H,1-3H3,(H,10,11). The second-order valence-electron chi connectivity index (χ2n) is 17.3. The Morgan fingerprint density at radius 1 is 0.645 bits per heavy atom. The molecule has 6 aromatic rings. The summed E-state index contributed by atoms with van der Waals surface area (Å²) < 4.78 is 5.22. The fourth-order valence-electron chi connectivity index (χ4n) is 5.37. The Labute approximate surface area is 370 Å². The van der Waals surface area contributed by atoms with E-state index in [4.69, 9.17) is 21.3 Å². The fraction of sp³-hybridized carbons (Fsp3) is 0.356. The molecule has 17 heteroatoms. The van der Waals surface area contributed by atoms with E-state index in [0.717, 1.165) is 54.8 Å². The highest BCUT2D eigenvalue weighted by Gasteiger charge is 2.21. The monoisotopic (exact) mass is 880 g/mol. The number of aryl methyl sites for hydroxylation is 2. The molecule has 15 nitrogen and oxygen atoms in total. The zero-order chi connectivity index (χ0) is 46.0. The number of carbonyl (C=O) groups is 3. The number of nitrogen functional groups attached to an aromatic ring is 2. The predicted molar refractivity (Wildman–Crippen MR) is 246 cm³/mol. The number of carbonyl (C=O) groups excluding carboxylic acids is 2. The SMILES string of the molecule is CC(C)(C)c1ncc(C(=O)O)s1.Cc1cc(-c2ccnc(N)n2)ccc1CNC(=O)OC(C)(C)C.Cc1cc(-c2ccnc(N)n2)ccc1CNC(=O)c1cnc(C(C)(C)C)s1. The third kappa shape index (κ3) is 14.7. The highest BCUT2D eigenvalue weighted by molar-refractivity contribution is 7.14. The minimum atomic E-state index is -0.900. The van der Waals surface area contributed by atoms with Crippen LogP contribution in [0.1, 0.15) is 114 Å². The molecular weight excluding hydrogens is 825 g/mol. The molecule has 62 heavy (non-hydrogen) atoms.